The van der Waals surface area contributed by atoms with Crippen molar-refractivity contribution in [3.8, 4) is 11.1 Å². The number of carboxylic acids is 1. The molecule has 33 heavy (non-hydrogen) atoms. The lowest BCUT2D eigenvalue weighted by atomic mass is 9.98. The third-order valence-corrected chi connectivity index (χ3v) is 5.36. The minimum Gasteiger partial charge on any atom is -0.481 e. The van der Waals surface area contributed by atoms with Crippen LogP contribution in [0.3, 0.4) is 0 Å². The Morgan fingerprint density at radius 2 is 1.67 bits per heavy atom. The summed E-state index contributed by atoms with van der Waals surface area (Å²) in [4.78, 5) is 35.3. The quantitative estimate of drug-likeness (QED) is 0.337. The third-order valence-electron chi connectivity index (χ3n) is 5.36. The van der Waals surface area contributed by atoms with Crippen molar-refractivity contribution >= 4 is 18.0 Å². The van der Waals surface area contributed by atoms with E-state index in [0.29, 0.717) is 0 Å². The Morgan fingerprint density at radius 3 is 2.27 bits per heavy atom. The maximum Gasteiger partial charge on any atom is 0.407 e. The average molecular weight is 453 g/mol. The van der Waals surface area contributed by atoms with Crippen LogP contribution in [0.1, 0.15) is 29.9 Å². The lowest BCUT2D eigenvalue weighted by Crippen LogP contribution is -2.47. The van der Waals surface area contributed by atoms with E-state index in [-0.39, 0.29) is 45.1 Å². The second-order valence-electron chi connectivity index (χ2n) is 7.59. The molecule has 1 unspecified atom stereocenters. The second kappa shape index (κ2) is 11.8. The Kier molecular flexibility index (Phi) is 8.60. The summed E-state index contributed by atoms with van der Waals surface area (Å²) in [5.74, 6) is -1.42. The van der Waals surface area contributed by atoms with Crippen molar-refractivity contribution in [1.82, 2.24) is 10.6 Å². The van der Waals surface area contributed by atoms with Gasteiger partial charge in [-0.25, -0.2) is 4.79 Å². The van der Waals surface area contributed by atoms with Gasteiger partial charge in [-0.05, 0) is 28.7 Å². The summed E-state index contributed by atoms with van der Waals surface area (Å²) >= 11 is 0. The number of nitrogens with one attached hydrogen (secondary N) is 2. The number of carbonyl (C=O) groups is 3. The normalized spacial score (nSPS) is 12.8. The molecule has 1 atom stereocenters. The van der Waals surface area contributed by atoms with Crippen LogP contribution in [0.15, 0.2) is 61.2 Å². The van der Waals surface area contributed by atoms with Gasteiger partial charge in [0.2, 0.25) is 5.91 Å². The number of fused-ring (bicyclic) bond motifs is 3. The number of benzene rings is 2. The highest BCUT2D eigenvalue weighted by molar-refractivity contribution is 5.86. The molecule has 0 bridgehead atoms. The molecule has 174 valence electrons. The van der Waals surface area contributed by atoms with Gasteiger partial charge in [0.15, 0.2) is 0 Å². The van der Waals surface area contributed by atoms with Crippen LogP contribution < -0.4 is 10.6 Å². The number of hydrogen-bond acceptors (Lipinski definition) is 5. The number of aliphatic carboxylic acids is 1. The van der Waals surface area contributed by atoms with Crippen molar-refractivity contribution in [2.24, 2.45) is 0 Å². The van der Waals surface area contributed by atoms with E-state index in [9.17, 15) is 14.4 Å². The first-order valence-corrected chi connectivity index (χ1v) is 10.8. The summed E-state index contributed by atoms with van der Waals surface area (Å²) in [6.45, 7) is 4.22. The highest BCUT2D eigenvalue weighted by Crippen LogP contribution is 2.44. The zero-order chi connectivity index (χ0) is 23.6. The first-order chi connectivity index (χ1) is 16.0. The van der Waals surface area contributed by atoms with Gasteiger partial charge in [-0.3, -0.25) is 9.59 Å². The minimum absolute atomic E-state index is 0.0687. The first-order valence-electron chi connectivity index (χ1n) is 10.8. The lowest BCUT2D eigenvalue weighted by molar-refractivity contribution is -0.138. The number of hydrogen-bond donors (Lipinski definition) is 3. The van der Waals surface area contributed by atoms with E-state index in [1.54, 1.807) is 0 Å². The van der Waals surface area contributed by atoms with Gasteiger partial charge in [0.1, 0.15) is 12.6 Å². The second-order valence-corrected chi connectivity index (χ2v) is 7.59. The number of alkyl carbamates (subject to hydrolysis) is 1. The average Bonchev–Trinajstić information content (AvgIpc) is 3.13. The fraction of sp³-hybridized carbons (Fsp3) is 0.320. The van der Waals surface area contributed by atoms with Crippen LogP contribution in [0.4, 0.5) is 4.79 Å². The maximum atomic E-state index is 12.5. The molecule has 0 fully saturated rings. The van der Waals surface area contributed by atoms with Crippen molar-refractivity contribution in [2.75, 3.05) is 26.4 Å². The molecule has 3 N–H and O–H groups in total. The predicted molar refractivity (Wildman–Crippen MR) is 123 cm³/mol. The van der Waals surface area contributed by atoms with E-state index in [0.717, 1.165) is 22.3 Å². The van der Waals surface area contributed by atoms with Crippen LogP contribution in [0.25, 0.3) is 11.1 Å². The summed E-state index contributed by atoms with van der Waals surface area (Å²) in [5.41, 5.74) is 4.48. The van der Waals surface area contributed by atoms with Gasteiger partial charge in [0.05, 0.1) is 19.6 Å². The monoisotopic (exact) mass is 452 g/mol. The summed E-state index contributed by atoms with van der Waals surface area (Å²) in [5, 5.41) is 13.8. The van der Waals surface area contributed by atoms with Crippen LogP contribution in [0, 0.1) is 0 Å². The molecule has 2 aromatic rings. The summed E-state index contributed by atoms with van der Waals surface area (Å²) in [7, 11) is 0. The van der Waals surface area contributed by atoms with Gasteiger partial charge in [0.25, 0.3) is 0 Å². The number of rotatable bonds is 12. The molecule has 0 aliphatic heterocycles. The molecule has 0 heterocycles. The molecular formula is C25H28N2O6. The predicted octanol–water partition coefficient (Wildman–Crippen LogP) is 3.08. The summed E-state index contributed by atoms with van der Waals surface area (Å²) in [6.07, 6.45) is 0.987. The number of carboxylic acid groups (broad SMARTS) is 1. The summed E-state index contributed by atoms with van der Waals surface area (Å²) in [6, 6.07) is 15.3. The Balaban J connectivity index is 1.50. The molecule has 2 aromatic carbocycles. The van der Waals surface area contributed by atoms with Crippen molar-refractivity contribution in [3.63, 3.8) is 0 Å². The van der Waals surface area contributed by atoms with Gasteiger partial charge in [-0.1, -0.05) is 54.6 Å². The number of ether oxygens (including phenoxy) is 2. The number of carbonyl (C=O) groups excluding carboxylic acids is 2. The molecule has 8 heteroatoms. The van der Waals surface area contributed by atoms with Gasteiger partial charge in [0, 0.05) is 12.5 Å². The number of amides is 2. The standard InChI is InChI=1S/C25H28N2O6/c1-2-7-22(24(30)26-13-15-32-14-12-23(28)29)27-25(31)33-16-21-19-10-5-3-8-17(19)18-9-4-6-11-20(18)21/h2-6,8-11,21-22H,1,7,12-16H2,(H,26,30)(H,27,31)(H,28,29). The molecular weight excluding hydrogens is 424 g/mol. The molecule has 8 nitrogen and oxygen atoms in total. The SMILES string of the molecule is C=CCC(NC(=O)OCC1c2ccccc2-c2ccccc21)C(=O)NCCOCCC(=O)O. The fourth-order valence-corrected chi connectivity index (χ4v) is 3.81. The molecule has 3 rings (SSSR count). The van der Waals surface area contributed by atoms with E-state index < -0.39 is 24.0 Å². The Bertz CT molecular complexity index is 960. The highest BCUT2D eigenvalue weighted by atomic mass is 16.5. The van der Waals surface area contributed by atoms with E-state index in [1.807, 2.05) is 36.4 Å². The van der Waals surface area contributed by atoms with Crippen LogP contribution in [-0.2, 0) is 19.1 Å². The molecule has 0 spiro atoms. The lowest BCUT2D eigenvalue weighted by Gasteiger charge is -2.19. The van der Waals surface area contributed by atoms with Crippen LogP contribution in [0.5, 0.6) is 0 Å². The molecule has 1 aliphatic carbocycles. The first kappa shape index (κ1) is 24.0. The minimum atomic E-state index is -0.947. The zero-order valence-electron chi connectivity index (χ0n) is 18.3. The third kappa shape index (κ3) is 6.43. The molecule has 0 saturated heterocycles. The van der Waals surface area contributed by atoms with E-state index in [4.69, 9.17) is 14.6 Å². The molecule has 1 aliphatic rings. The van der Waals surface area contributed by atoms with Crippen molar-refractivity contribution in [1.29, 1.82) is 0 Å². The van der Waals surface area contributed by atoms with Gasteiger partial charge in [-0.15, -0.1) is 6.58 Å². The van der Waals surface area contributed by atoms with Gasteiger partial charge in [-0.2, -0.15) is 0 Å². The van der Waals surface area contributed by atoms with Crippen molar-refractivity contribution in [3.05, 3.63) is 72.3 Å². The Hall–Kier alpha value is -3.65. The molecule has 0 aromatic heterocycles. The van der Waals surface area contributed by atoms with Crippen LogP contribution in [0.2, 0.25) is 0 Å². The molecule has 0 saturated carbocycles. The Labute approximate surface area is 192 Å². The van der Waals surface area contributed by atoms with E-state index in [1.165, 1.54) is 6.08 Å². The summed E-state index contributed by atoms with van der Waals surface area (Å²) < 4.78 is 10.6. The van der Waals surface area contributed by atoms with Gasteiger partial charge >= 0.3 is 12.1 Å². The van der Waals surface area contributed by atoms with Crippen molar-refractivity contribution in [2.45, 2.75) is 24.8 Å². The van der Waals surface area contributed by atoms with Crippen LogP contribution >= 0.6 is 0 Å². The molecule has 2 amide bonds. The van der Waals surface area contributed by atoms with Gasteiger partial charge < -0.3 is 25.2 Å². The highest BCUT2D eigenvalue weighted by Gasteiger charge is 2.29. The van der Waals surface area contributed by atoms with Crippen molar-refractivity contribution < 1.29 is 29.0 Å². The molecule has 0 radical (unpaired) electrons. The maximum absolute atomic E-state index is 12.5. The topological polar surface area (TPSA) is 114 Å². The largest absolute Gasteiger partial charge is 0.481 e. The van der Waals surface area contributed by atoms with E-state index in [2.05, 4.69) is 29.3 Å². The van der Waals surface area contributed by atoms with Crippen LogP contribution in [-0.4, -0.2) is 55.5 Å². The zero-order valence-corrected chi connectivity index (χ0v) is 18.3. The Morgan fingerprint density at radius 1 is 1.03 bits per heavy atom. The smallest absolute Gasteiger partial charge is 0.407 e. The fourth-order valence-electron chi connectivity index (χ4n) is 3.81. The van der Waals surface area contributed by atoms with E-state index >= 15 is 0 Å².